The molecule has 0 spiro atoms. The molecule has 2 unspecified atom stereocenters. The highest BCUT2D eigenvalue weighted by atomic mass is 79.9. The van der Waals surface area contributed by atoms with Gasteiger partial charge in [-0.05, 0) is 41.9 Å². The third-order valence-electron chi connectivity index (χ3n) is 7.13. The number of piperidine rings is 2. The first-order valence-corrected chi connectivity index (χ1v) is 12.4. The molecule has 3 heterocycles. The van der Waals surface area contributed by atoms with Crippen LogP contribution in [-0.4, -0.2) is 58.7 Å². The van der Waals surface area contributed by atoms with Gasteiger partial charge in [-0.2, -0.15) is 0 Å². The van der Waals surface area contributed by atoms with E-state index in [0.29, 0.717) is 31.2 Å². The van der Waals surface area contributed by atoms with Crippen molar-refractivity contribution >= 4 is 27.7 Å². The van der Waals surface area contributed by atoms with Crippen molar-refractivity contribution in [1.29, 1.82) is 0 Å². The molecule has 2 aromatic rings. The summed E-state index contributed by atoms with van der Waals surface area (Å²) in [6, 6.07) is 18.3. The number of rotatable bonds is 5. The number of nitrogens with zero attached hydrogens (tertiary/aromatic N) is 3. The van der Waals surface area contributed by atoms with Crippen LogP contribution >= 0.6 is 15.9 Å². The normalized spacial score (nSPS) is 25.9. The Morgan fingerprint density at radius 2 is 1.59 bits per heavy atom. The Morgan fingerprint density at radius 3 is 2.31 bits per heavy atom. The molecule has 2 amide bonds. The Bertz CT molecular complexity index is 968. The average Bonchev–Trinajstić information content (AvgIpc) is 3.15. The van der Waals surface area contributed by atoms with Gasteiger partial charge in [0.15, 0.2) is 0 Å². The van der Waals surface area contributed by atoms with Crippen LogP contribution in [0.25, 0.3) is 0 Å². The van der Waals surface area contributed by atoms with Crippen LogP contribution < -0.4 is 0 Å². The van der Waals surface area contributed by atoms with Crippen LogP contribution in [-0.2, 0) is 22.7 Å². The molecule has 5 rings (SSSR count). The zero-order valence-electron chi connectivity index (χ0n) is 18.3. The van der Waals surface area contributed by atoms with Crippen molar-refractivity contribution in [2.45, 2.75) is 38.4 Å². The van der Waals surface area contributed by atoms with E-state index in [0.717, 1.165) is 42.8 Å². The first kappa shape index (κ1) is 21.7. The van der Waals surface area contributed by atoms with Crippen LogP contribution in [0.2, 0.25) is 0 Å². The SMILES string of the molecule is O=C([C@@H]1CCC(=O)N1Cc1ccccc1Br)N1CC2CC(CN(Cc3ccccc3)C2)C1. The fraction of sp³-hybridized carbons (Fsp3) is 0.462. The molecule has 168 valence electrons. The number of hydrogen-bond acceptors (Lipinski definition) is 3. The lowest BCUT2D eigenvalue weighted by Crippen LogP contribution is -2.57. The summed E-state index contributed by atoms with van der Waals surface area (Å²) >= 11 is 3.58. The van der Waals surface area contributed by atoms with Crippen LogP contribution in [0.1, 0.15) is 30.4 Å². The molecule has 5 nitrogen and oxygen atoms in total. The van der Waals surface area contributed by atoms with Crippen LogP contribution in [0.3, 0.4) is 0 Å². The molecule has 0 N–H and O–H groups in total. The predicted octanol–water partition coefficient (Wildman–Crippen LogP) is 3.92. The summed E-state index contributed by atoms with van der Waals surface area (Å²) < 4.78 is 0.983. The Labute approximate surface area is 198 Å². The van der Waals surface area contributed by atoms with Crippen LogP contribution in [0.15, 0.2) is 59.1 Å². The van der Waals surface area contributed by atoms with Gasteiger partial charge in [-0.3, -0.25) is 14.5 Å². The van der Waals surface area contributed by atoms with E-state index >= 15 is 0 Å². The van der Waals surface area contributed by atoms with Gasteiger partial charge in [0.1, 0.15) is 6.04 Å². The van der Waals surface area contributed by atoms with E-state index in [1.807, 2.05) is 24.3 Å². The summed E-state index contributed by atoms with van der Waals surface area (Å²) in [5.74, 6) is 1.27. The minimum absolute atomic E-state index is 0.0883. The molecular formula is C26H30BrN3O2. The Morgan fingerprint density at radius 1 is 0.906 bits per heavy atom. The van der Waals surface area contributed by atoms with E-state index in [4.69, 9.17) is 0 Å². The summed E-state index contributed by atoms with van der Waals surface area (Å²) in [6.45, 7) is 5.18. The van der Waals surface area contributed by atoms with E-state index in [1.165, 1.54) is 12.0 Å². The third-order valence-corrected chi connectivity index (χ3v) is 7.90. The average molecular weight is 496 g/mol. The van der Waals surface area contributed by atoms with Crippen molar-refractivity contribution in [2.24, 2.45) is 11.8 Å². The maximum absolute atomic E-state index is 13.5. The van der Waals surface area contributed by atoms with Crippen molar-refractivity contribution in [1.82, 2.24) is 14.7 Å². The molecule has 6 heteroatoms. The summed E-state index contributed by atoms with van der Waals surface area (Å²) in [6.07, 6.45) is 2.31. The second-order valence-corrected chi connectivity index (χ2v) is 10.4. The summed E-state index contributed by atoms with van der Waals surface area (Å²) in [5.41, 5.74) is 2.40. The molecule has 3 fully saturated rings. The number of hydrogen-bond donors (Lipinski definition) is 0. The maximum atomic E-state index is 13.5. The van der Waals surface area contributed by atoms with E-state index in [2.05, 4.69) is 56.1 Å². The van der Waals surface area contributed by atoms with Gasteiger partial charge in [-0.25, -0.2) is 0 Å². The lowest BCUT2D eigenvalue weighted by molar-refractivity contribution is -0.145. The van der Waals surface area contributed by atoms with Gasteiger partial charge in [0, 0.05) is 50.2 Å². The quantitative estimate of drug-likeness (QED) is 0.631. The minimum atomic E-state index is -0.325. The molecule has 3 saturated heterocycles. The van der Waals surface area contributed by atoms with Crippen molar-refractivity contribution in [3.63, 3.8) is 0 Å². The summed E-state index contributed by atoms with van der Waals surface area (Å²) in [7, 11) is 0. The fourth-order valence-electron chi connectivity index (χ4n) is 5.75. The minimum Gasteiger partial charge on any atom is -0.340 e. The lowest BCUT2D eigenvalue weighted by atomic mass is 9.84. The fourth-order valence-corrected chi connectivity index (χ4v) is 6.16. The van der Waals surface area contributed by atoms with Gasteiger partial charge in [-0.1, -0.05) is 64.5 Å². The van der Waals surface area contributed by atoms with E-state index in [1.54, 1.807) is 4.90 Å². The zero-order valence-corrected chi connectivity index (χ0v) is 19.9. The largest absolute Gasteiger partial charge is 0.340 e. The highest BCUT2D eigenvalue weighted by molar-refractivity contribution is 9.10. The van der Waals surface area contributed by atoms with E-state index in [-0.39, 0.29) is 17.9 Å². The van der Waals surface area contributed by atoms with Crippen molar-refractivity contribution < 1.29 is 9.59 Å². The van der Waals surface area contributed by atoms with Gasteiger partial charge in [0.05, 0.1) is 0 Å². The van der Waals surface area contributed by atoms with E-state index in [9.17, 15) is 9.59 Å². The molecule has 2 aromatic carbocycles. The third kappa shape index (κ3) is 4.62. The molecule has 0 saturated carbocycles. The number of carbonyl (C=O) groups excluding carboxylic acids is 2. The number of carbonyl (C=O) groups is 2. The molecule has 3 aliphatic rings. The van der Waals surface area contributed by atoms with Crippen molar-refractivity contribution in [3.05, 3.63) is 70.2 Å². The second-order valence-electron chi connectivity index (χ2n) is 9.56. The highest BCUT2D eigenvalue weighted by Gasteiger charge is 2.42. The number of amides is 2. The number of benzene rings is 2. The Balaban J connectivity index is 1.23. The lowest BCUT2D eigenvalue weighted by Gasteiger charge is -2.46. The number of likely N-dealkylation sites (tertiary alicyclic amines) is 3. The van der Waals surface area contributed by atoms with Gasteiger partial charge in [-0.15, -0.1) is 0 Å². The smallest absolute Gasteiger partial charge is 0.245 e. The first-order chi connectivity index (χ1) is 15.6. The van der Waals surface area contributed by atoms with Crippen LogP contribution in [0, 0.1) is 11.8 Å². The zero-order chi connectivity index (χ0) is 22.1. The van der Waals surface area contributed by atoms with Crippen molar-refractivity contribution in [3.8, 4) is 0 Å². The van der Waals surface area contributed by atoms with Crippen molar-refractivity contribution in [2.75, 3.05) is 26.2 Å². The maximum Gasteiger partial charge on any atom is 0.245 e. The van der Waals surface area contributed by atoms with Gasteiger partial charge >= 0.3 is 0 Å². The topological polar surface area (TPSA) is 43.9 Å². The van der Waals surface area contributed by atoms with E-state index < -0.39 is 0 Å². The Hall–Kier alpha value is -2.18. The standard InChI is InChI=1S/C26H30BrN3O2/c27-23-9-5-4-8-22(23)18-30-24(10-11-25(30)31)26(32)29-16-20-12-21(17-29)15-28(14-20)13-19-6-2-1-3-7-19/h1-9,20-21,24H,10-18H2/t20?,21?,24-/m0/s1. The molecule has 2 bridgehead atoms. The van der Waals surface area contributed by atoms with Crippen LogP contribution in [0.4, 0.5) is 0 Å². The Kier molecular flexibility index (Phi) is 6.33. The van der Waals surface area contributed by atoms with Gasteiger partial charge in [0.2, 0.25) is 11.8 Å². The first-order valence-electron chi connectivity index (χ1n) is 11.6. The molecule has 3 atom stereocenters. The molecule has 32 heavy (non-hydrogen) atoms. The van der Waals surface area contributed by atoms with Gasteiger partial charge in [0.25, 0.3) is 0 Å². The van der Waals surface area contributed by atoms with Crippen LogP contribution in [0.5, 0.6) is 0 Å². The predicted molar refractivity (Wildman–Crippen MR) is 128 cm³/mol. The molecule has 0 aromatic heterocycles. The summed E-state index contributed by atoms with van der Waals surface area (Å²) in [4.78, 5) is 32.6. The highest BCUT2D eigenvalue weighted by Crippen LogP contribution is 2.32. The number of fused-ring (bicyclic) bond motifs is 2. The summed E-state index contributed by atoms with van der Waals surface area (Å²) in [5, 5.41) is 0. The number of halogens is 1. The molecule has 0 radical (unpaired) electrons. The molecular weight excluding hydrogens is 466 g/mol. The molecule has 3 aliphatic heterocycles. The van der Waals surface area contributed by atoms with Gasteiger partial charge < -0.3 is 9.80 Å². The molecule has 0 aliphatic carbocycles. The monoisotopic (exact) mass is 495 g/mol. The second kappa shape index (κ2) is 9.36.